The molecule has 1 aliphatic heterocycles. The monoisotopic (exact) mass is 351 g/mol. The van der Waals surface area contributed by atoms with E-state index in [9.17, 15) is 4.79 Å². The molecule has 1 fully saturated rings. The fourth-order valence-electron chi connectivity index (χ4n) is 3.50. The van der Waals surface area contributed by atoms with Gasteiger partial charge >= 0.3 is 0 Å². The summed E-state index contributed by atoms with van der Waals surface area (Å²) < 4.78 is 1.07. The van der Waals surface area contributed by atoms with E-state index < -0.39 is 0 Å². The van der Waals surface area contributed by atoms with Gasteiger partial charge in [-0.1, -0.05) is 18.2 Å². The van der Waals surface area contributed by atoms with Gasteiger partial charge in [-0.05, 0) is 50.1 Å². The molecule has 0 bridgehead atoms. The first-order valence-corrected chi connectivity index (χ1v) is 9.49. The van der Waals surface area contributed by atoms with Gasteiger partial charge in [-0.3, -0.25) is 4.79 Å². The summed E-state index contributed by atoms with van der Waals surface area (Å²) in [5.41, 5.74) is 2.91. The maximum absolute atomic E-state index is 12.5. The zero-order valence-electron chi connectivity index (χ0n) is 14.2. The van der Waals surface area contributed by atoms with Crippen LogP contribution in [0.3, 0.4) is 0 Å². The third-order valence-electron chi connectivity index (χ3n) is 4.72. The van der Waals surface area contributed by atoms with Gasteiger partial charge in [0, 0.05) is 30.4 Å². The molecular formula is C20H21N3OS. The molecule has 0 unspecified atom stereocenters. The highest BCUT2D eigenvalue weighted by Crippen LogP contribution is 2.25. The van der Waals surface area contributed by atoms with Crippen molar-refractivity contribution in [3.05, 3.63) is 59.1 Å². The van der Waals surface area contributed by atoms with Crippen molar-refractivity contribution in [1.82, 2.24) is 10.3 Å². The summed E-state index contributed by atoms with van der Waals surface area (Å²) in [5.74, 6) is -0.00661. The fourth-order valence-corrected chi connectivity index (χ4v) is 4.37. The largest absolute Gasteiger partial charge is 0.367 e. The Morgan fingerprint density at radius 3 is 2.96 bits per heavy atom. The number of carbonyl (C=O) groups excluding carboxylic acids is 1. The van der Waals surface area contributed by atoms with Crippen LogP contribution in [0.4, 0.5) is 5.69 Å². The van der Waals surface area contributed by atoms with Crippen molar-refractivity contribution in [3.8, 4) is 0 Å². The maximum Gasteiger partial charge on any atom is 0.251 e. The Hall–Kier alpha value is -2.40. The van der Waals surface area contributed by atoms with E-state index in [4.69, 9.17) is 0 Å². The first-order valence-electron chi connectivity index (χ1n) is 8.68. The molecule has 128 valence electrons. The predicted octanol–water partition coefficient (Wildman–Crippen LogP) is 4.00. The number of fused-ring (bicyclic) bond motifs is 1. The first-order chi connectivity index (χ1) is 12.2. The topological polar surface area (TPSA) is 45.2 Å². The SMILES string of the molecule is Cc1nc2ccc(C(=O)NC[C@H]3CCCN3c3ccccc3)cc2s1. The van der Waals surface area contributed by atoms with Crippen LogP contribution in [0.1, 0.15) is 28.2 Å². The summed E-state index contributed by atoms with van der Waals surface area (Å²) in [6.07, 6.45) is 2.28. The second kappa shape index (κ2) is 6.84. The van der Waals surface area contributed by atoms with E-state index >= 15 is 0 Å². The molecule has 2 aromatic carbocycles. The summed E-state index contributed by atoms with van der Waals surface area (Å²) in [4.78, 5) is 19.4. The van der Waals surface area contributed by atoms with Crippen LogP contribution in [-0.2, 0) is 0 Å². The van der Waals surface area contributed by atoms with Gasteiger partial charge in [-0.25, -0.2) is 4.98 Å². The number of aryl methyl sites for hydroxylation is 1. The van der Waals surface area contributed by atoms with Crippen LogP contribution in [0.25, 0.3) is 10.2 Å². The number of anilines is 1. The Kier molecular flexibility index (Phi) is 4.40. The molecule has 1 atom stereocenters. The van der Waals surface area contributed by atoms with E-state index in [1.807, 2.05) is 31.2 Å². The van der Waals surface area contributed by atoms with Gasteiger partial charge in [0.15, 0.2) is 0 Å². The molecular weight excluding hydrogens is 330 g/mol. The molecule has 0 spiro atoms. The van der Waals surface area contributed by atoms with Gasteiger partial charge in [0.05, 0.1) is 15.2 Å². The minimum atomic E-state index is -0.00661. The summed E-state index contributed by atoms with van der Waals surface area (Å²) in [6.45, 7) is 3.72. The van der Waals surface area contributed by atoms with Crippen molar-refractivity contribution in [3.63, 3.8) is 0 Å². The Labute approximate surface area is 151 Å². The van der Waals surface area contributed by atoms with Gasteiger partial charge in [-0.15, -0.1) is 11.3 Å². The van der Waals surface area contributed by atoms with E-state index in [0.717, 1.165) is 28.2 Å². The lowest BCUT2D eigenvalue weighted by molar-refractivity contribution is 0.0951. The third-order valence-corrected chi connectivity index (χ3v) is 5.65. The van der Waals surface area contributed by atoms with Crippen LogP contribution in [0, 0.1) is 6.92 Å². The van der Waals surface area contributed by atoms with Gasteiger partial charge in [-0.2, -0.15) is 0 Å². The van der Waals surface area contributed by atoms with Gasteiger partial charge < -0.3 is 10.2 Å². The van der Waals surface area contributed by atoms with E-state index in [1.54, 1.807) is 11.3 Å². The highest BCUT2D eigenvalue weighted by molar-refractivity contribution is 7.18. The normalized spacial score (nSPS) is 17.2. The maximum atomic E-state index is 12.5. The number of nitrogens with one attached hydrogen (secondary N) is 1. The number of aromatic nitrogens is 1. The number of hydrogen-bond acceptors (Lipinski definition) is 4. The molecule has 1 N–H and O–H groups in total. The number of thiazole rings is 1. The lowest BCUT2D eigenvalue weighted by Crippen LogP contribution is -2.40. The fraction of sp³-hybridized carbons (Fsp3) is 0.300. The average Bonchev–Trinajstić information content (AvgIpc) is 3.24. The van der Waals surface area contributed by atoms with Crippen molar-refractivity contribution < 1.29 is 4.79 Å². The molecule has 1 amide bonds. The predicted molar refractivity (Wildman–Crippen MR) is 104 cm³/mol. The van der Waals surface area contributed by atoms with Crippen molar-refractivity contribution in [2.45, 2.75) is 25.8 Å². The van der Waals surface area contributed by atoms with Crippen molar-refractivity contribution >= 4 is 33.1 Å². The number of benzene rings is 2. The minimum absolute atomic E-state index is 0.00661. The molecule has 4 rings (SSSR count). The van der Waals surface area contributed by atoms with Crippen LogP contribution >= 0.6 is 11.3 Å². The van der Waals surface area contributed by atoms with Crippen molar-refractivity contribution in [2.24, 2.45) is 0 Å². The number of amides is 1. The molecule has 4 nitrogen and oxygen atoms in total. The van der Waals surface area contributed by atoms with Gasteiger partial charge in [0.1, 0.15) is 0 Å². The van der Waals surface area contributed by atoms with E-state index in [1.165, 1.54) is 12.1 Å². The van der Waals surface area contributed by atoms with Gasteiger partial charge in [0.25, 0.3) is 5.91 Å². The smallest absolute Gasteiger partial charge is 0.251 e. The van der Waals surface area contributed by atoms with E-state index in [-0.39, 0.29) is 5.91 Å². The lowest BCUT2D eigenvalue weighted by atomic mass is 10.1. The van der Waals surface area contributed by atoms with Crippen LogP contribution in [0.15, 0.2) is 48.5 Å². The Morgan fingerprint density at radius 2 is 2.12 bits per heavy atom. The number of nitrogens with zero attached hydrogens (tertiary/aromatic N) is 2. The summed E-state index contributed by atoms with van der Waals surface area (Å²) in [7, 11) is 0. The van der Waals surface area contributed by atoms with Crippen LogP contribution < -0.4 is 10.2 Å². The molecule has 0 saturated carbocycles. The molecule has 0 radical (unpaired) electrons. The van der Waals surface area contributed by atoms with E-state index in [0.29, 0.717) is 18.2 Å². The average molecular weight is 351 g/mol. The molecule has 25 heavy (non-hydrogen) atoms. The molecule has 0 aliphatic carbocycles. The molecule has 1 aliphatic rings. The minimum Gasteiger partial charge on any atom is -0.367 e. The summed E-state index contributed by atoms with van der Waals surface area (Å²) in [5, 5.41) is 4.14. The van der Waals surface area contributed by atoms with E-state index in [2.05, 4.69) is 39.5 Å². The highest BCUT2D eigenvalue weighted by Gasteiger charge is 2.25. The third kappa shape index (κ3) is 3.37. The Morgan fingerprint density at radius 1 is 1.28 bits per heavy atom. The molecule has 1 aromatic heterocycles. The van der Waals surface area contributed by atoms with Crippen LogP contribution in [-0.4, -0.2) is 30.0 Å². The quantitative estimate of drug-likeness (QED) is 0.773. The molecule has 5 heteroatoms. The number of rotatable bonds is 4. The number of hydrogen-bond donors (Lipinski definition) is 1. The molecule has 3 aromatic rings. The van der Waals surface area contributed by atoms with Crippen LogP contribution in [0.2, 0.25) is 0 Å². The Bertz CT molecular complexity index is 890. The number of para-hydroxylation sites is 1. The van der Waals surface area contributed by atoms with Crippen LogP contribution in [0.5, 0.6) is 0 Å². The summed E-state index contributed by atoms with van der Waals surface area (Å²) in [6, 6.07) is 16.5. The lowest BCUT2D eigenvalue weighted by Gasteiger charge is -2.27. The zero-order valence-corrected chi connectivity index (χ0v) is 15.1. The standard InChI is InChI=1S/C20H21N3OS/c1-14-22-18-10-9-15(12-19(18)25-14)20(24)21-13-17-8-5-11-23(17)16-6-3-2-4-7-16/h2-4,6-7,9-10,12,17H,5,8,11,13H2,1H3,(H,21,24)/t17-/m1/s1. The van der Waals surface area contributed by atoms with Gasteiger partial charge in [0.2, 0.25) is 0 Å². The van der Waals surface area contributed by atoms with Crippen molar-refractivity contribution in [1.29, 1.82) is 0 Å². The number of carbonyl (C=O) groups is 1. The van der Waals surface area contributed by atoms with Crippen molar-refractivity contribution in [2.75, 3.05) is 18.0 Å². The second-order valence-corrected chi connectivity index (χ2v) is 7.69. The molecule has 1 saturated heterocycles. The molecule has 2 heterocycles. The Balaban J connectivity index is 1.43. The second-order valence-electron chi connectivity index (χ2n) is 6.45. The highest BCUT2D eigenvalue weighted by atomic mass is 32.1. The summed E-state index contributed by atoms with van der Waals surface area (Å²) >= 11 is 1.63. The zero-order chi connectivity index (χ0) is 17.2. The first kappa shape index (κ1) is 16.1.